The first-order valence-electron chi connectivity index (χ1n) is 8.69. The number of nitrogens with one attached hydrogen (secondary N) is 2. The lowest BCUT2D eigenvalue weighted by atomic mass is 10.2. The Morgan fingerprint density at radius 3 is 2.40 bits per heavy atom. The van der Waals surface area contributed by atoms with Gasteiger partial charge in [0.1, 0.15) is 0 Å². The molecule has 25 heavy (non-hydrogen) atoms. The van der Waals surface area contributed by atoms with Gasteiger partial charge < -0.3 is 15.5 Å². The Morgan fingerprint density at radius 1 is 1.16 bits per heavy atom. The van der Waals surface area contributed by atoms with Gasteiger partial charge in [-0.2, -0.15) is 0 Å². The van der Waals surface area contributed by atoms with Crippen molar-refractivity contribution < 1.29 is 9.59 Å². The molecular weight excluding hydrogens is 316 g/mol. The van der Waals surface area contributed by atoms with Crippen molar-refractivity contribution in [1.29, 1.82) is 0 Å². The second kappa shape index (κ2) is 9.34. The van der Waals surface area contributed by atoms with Gasteiger partial charge in [-0.15, -0.1) is 0 Å². The smallest absolute Gasteiger partial charge is 0.244 e. The molecule has 0 bridgehead atoms. The first-order chi connectivity index (χ1) is 11.9. The SMILES string of the molecule is CC(=O)Nc1ccc(/C=C/C(=O)N[C@@H](C)CN2CCN(C)CC2)cc1. The molecule has 0 aliphatic carbocycles. The predicted molar refractivity (Wildman–Crippen MR) is 101 cm³/mol. The number of carbonyl (C=O) groups is 2. The number of hydrogen-bond donors (Lipinski definition) is 2. The monoisotopic (exact) mass is 344 g/mol. The van der Waals surface area contributed by atoms with E-state index in [-0.39, 0.29) is 17.9 Å². The van der Waals surface area contributed by atoms with Crippen LogP contribution in [0.4, 0.5) is 5.69 Å². The van der Waals surface area contributed by atoms with Crippen LogP contribution in [0.15, 0.2) is 30.3 Å². The molecule has 2 amide bonds. The minimum absolute atomic E-state index is 0.0902. The Bertz CT molecular complexity index is 604. The van der Waals surface area contributed by atoms with E-state index in [2.05, 4.69) is 27.5 Å². The third-order valence-corrected chi connectivity index (χ3v) is 4.17. The highest BCUT2D eigenvalue weighted by Crippen LogP contribution is 2.10. The zero-order chi connectivity index (χ0) is 18.2. The van der Waals surface area contributed by atoms with Gasteiger partial charge in [0.05, 0.1) is 0 Å². The summed E-state index contributed by atoms with van der Waals surface area (Å²) in [6.07, 6.45) is 3.32. The van der Waals surface area contributed by atoms with E-state index in [1.54, 1.807) is 12.2 Å². The van der Waals surface area contributed by atoms with E-state index >= 15 is 0 Å². The molecule has 2 rings (SSSR count). The van der Waals surface area contributed by atoms with Gasteiger partial charge in [-0.25, -0.2) is 0 Å². The number of carbonyl (C=O) groups excluding carboxylic acids is 2. The number of likely N-dealkylation sites (N-methyl/N-ethyl adjacent to an activating group) is 1. The van der Waals surface area contributed by atoms with E-state index in [9.17, 15) is 9.59 Å². The average Bonchev–Trinajstić information content (AvgIpc) is 2.56. The van der Waals surface area contributed by atoms with Crippen molar-refractivity contribution in [2.45, 2.75) is 19.9 Å². The van der Waals surface area contributed by atoms with Gasteiger partial charge in [0.25, 0.3) is 0 Å². The standard InChI is InChI=1S/C19H28N4O2/c1-15(14-23-12-10-22(3)11-13-23)20-19(25)9-6-17-4-7-18(8-5-17)21-16(2)24/h4-9,15H,10-14H2,1-3H3,(H,20,25)(H,21,24)/b9-6+/t15-/m0/s1. The second-order valence-electron chi connectivity index (χ2n) is 6.65. The van der Waals surface area contributed by atoms with Crippen LogP contribution in [-0.4, -0.2) is 67.4 Å². The van der Waals surface area contributed by atoms with E-state index in [4.69, 9.17) is 0 Å². The molecule has 1 aliphatic heterocycles. The first-order valence-corrected chi connectivity index (χ1v) is 8.69. The van der Waals surface area contributed by atoms with Crippen LogP contribution in [0.25, 0.3) is 6.08 Å². The van der Waals surface area contributed by atoms with Crippen molar-refractivity contribution in [3.8, 4) is 0 Å². The second-order valence-corrected chi connectivity index (χ2v) is 6.65. The lowest BCUT2D eigenvalue weighted by Crippen LogP contribution is -2.49. The van der Waals surface area contributed by atoms with Crippen LogP contribution in [0.2, 0.25) is 0 Å². The van der Waals surface area contributed by atoms with Crippen LogP contribution >= 0.6 is 0 Å². The van der Waals surface area contributed by atoms with Gasteiger partial charge in [-0.1, -0.05) is 12.1 Å². The summed E-state index contributed by atoms with van der Waals surface area (Å²) in [4.78, 5) is 27.7. The molecule has 1 atom stereocenters. The maximum Gasteiger partial charge on any atom is 0.244 e. The van der Waals surface area contributed by atoms with Crippen LogP contribution in [-0.2, 0) is 9.59 Å². The number of nitrogens with zero attached hydrogens (tertiary/aromatic N) is 2. The van der Waals surface area contributed by atoms with Crippen LogP contribution in [0.1, 0.15) is 19.4 Å². The minimum Gasteiger partial charge on any atom is -0.349 e. The van der Waals surface area contributed by atoms with E-state index in [1.165, 1.54) is 6.92 Å². The number of amides is 2. The molecule has 1 saturated heterocycles. The maximum absolute atomic E-state index is 12.1. The summed E-state index contributed by atoms with van der Waals surface area (Å²) in [5.74, 6) is -0.190. The summed E-state index contributed by atoms with van der Waals surface area (Å²) in [6, 6.07) is 7.47. The topological polar surface area (TPSA) is 64.7 Å². The molecule has 6 nitrogen and oxygen atoms in total. The molecule has 0 saturated carbocycles. The number of hydrogen-bond acceptors (Lipinski definition) is 4. The molecule has 0 aromatic heterocycles. The predicted octanol–water partition coefficient (Wildman–Crippen LogP) is 1.41. The van der Waals surface area contributed by atoms with Crippen molar-refractivity contribution in [1.82, 2.24) is 15.1 Å². The molecule has 136 valence electrons. The van der Waals surface area contributed by atoms with E-state index < -0.39 is 0 Å². The zero-order valence-electron chi connectivity index (χ0n) is 15.3. The van der Waals surface area contributed by atoms with Gasteiger partial charge in [0, 0.05) is 57.5 Å². The summed E-state index contributed by atoms with van der Waals surface area (Å²) >= 11 is 0. The molecule has 0 radical (unpaired) electrons. The Morgan fingerprint density at radius 2 is 1.80 bits per heavy atom. The summed E-state index contributed by atoms with van der Waals surface area (Å²) in [5.41, 5.74) is 1.66. The fraction of sp³-hybridized carbons (Fsp3) is 0.474. The normalized spacial score (nSPS) is 17.4. The van der Waals surface area contributed by atoms with Gasteiger partial charge in [0.2, 0.25) is 11.8 Å². The Kier molecular flexibility index (Phi) is 7.16. The van der Waals surface area contributed by atoms with E-state index in [0.717, 1.165) is 44.0 Å². The lowest BCUT2D eigenvalue weighted by molar-refractivity contribution is -0.117. The minimum atomic E-state index is -0.1000. The Balaban J connectivity index is 1.76. The van der Waals surface area contributed by atoms with E-state index in [1.807, 2.05) is 31.2 Å². The molecule has 0 spiro atoms. The molecule has 1 aromatic carbocycles. The lowest BCUT2D eigenvalue weighted by Gasteiger charge is -2.33. The zero-order valence-corrected chi connectivity index (χ0v) is 15.3. The summed E-state index contributed by atoms with van der Waals surface area (Å²) in [5, 5.41) is 5.72. The van der Waals surface area contributed by atoms with Crippen LogP contribution in [0.3, 0.4) is 0 Å². The summed E-state index contributed by atoms with van der Waals surface area (Å²) in [7, 11) is 2.13. The van der Waals surface area contributed by atoms with Crippen molar-refractivity contribution in [2.75, 3.05) is 45.1 Å². The fourth-order valence-corrected chi connectivity index (χ4v) is 2.81. The Labute approximate surface area is 149 Å². The molecule has 6 heteroatoms. The molecule has 1 fully saturated rings. The highest BCUT2D eigenvalue weighted by molar-refractivity contribution is 5.92. The van der Waals surface area contributed by atoms with Gasteiger partial charge >= 0.3 is 0 Å². The van der Waals surface area contributed by atoms with Gasteiger partial charge in [0.15, 0.2) is 0 Å². The number of benzene rings is 1. The molecule has 0 unspecified atom stereocenters. The quantitative estimate of drug-likeness (QED) is 0.766. The Hall–Kier alpha value is -2.18. The van der Waals surface area contributed by atoms with E-state index in [0.29, 0.717) is 0 Å². The molecule has 1 aliphatic rings. The van der Waals surface area contributed by atoms with Crippen molar-refractivity contribution in [3.63, 3.8) is 0 Å². The first kappa shape index (κ1) is 19.1. The van der Waals surface area contributed by atoms with Gasteiger partial charge in [-0.05, 0) is 37.7 Å². The molecule has 1 heterocycles. The van der Waals surface area contributed by atoms with Crippen molar-refractivity contribution in [2.24, 2.45) is 0 Å². The van der Waals surface area contributed by atoms with Crippen molar-refractivity contribution in [3.05, 3.63) is 35.9 Å². The van der Waals surface area contributed by atoms with Gasteiger partial charge in [-0.3, -0.25) is 14.5 Å². The molecule has 1 aromatic rings. The molecular formula is C19H28N4O2. The summed E-state index contributed by atoms with van der Waals surface area (Å²) < 4.78 is 0. The highest BCUT2D eigenvalue weighted by atomic mass is 16.2. The number of rotatable bonds is 6. The van der Waals surface area contributed by atoms with Crippen LogP contribution in [0.5, 0.6) is 0 Å². The summed E-state index contributed by atoms with van der Waals surface area (Å²) in [6.45, 7) is 8.64. The largest absolute Gasteiger partial charge is 0.349 e. The number of piperazine rings is 1. The third-order valence-electron chi connectivity index (χ3n) is 4.17. The highest BCUT2D eigenvalue weighted by Gasteiger charge is 2.16. The van der Waals surface area contributed by atoms with Crippen LogP contribution < -0.4 is 10.6 Å². The maximum atomic E-state index is 12.1. The molecule has 2 N–H and O–H groups in total. The fourth-order valence-electron chi connectivity index (χ4n) is 2.81. The van der Waals surface area contributed by atoms with Crippen LogP contribution in [0, 0.1) is 0 Å². The average molecular weight is 344 g/mol. The number of anilines is 1. The third kappa shape index (κ3) is 7.07. The van der Waals surface area contributed by atoms with Crippen molar-refractivity contribution >= 4 is 23.6 Å².